The van der Waals surface area contributed by atoms with Gasteiger partial charge in [-0.1, -0.05) is 0 Å². The SMILES string of the molecule is COc1ccc(C2(N=C=O)CC2)c(OC(C)C)c1OC. The van der Waals surface area contributed by atoms with Crippen LogP contribution in [0.25, 0.3) is 0 Å². The maximum Gasteiger partial charge on any atom is 0.235 e. The molecule has 0 radical (unpaired) electrons. The highest BCUT2D eigenvalue weighted by Crippen LogP contribution is 2.55. The molecule has 0 N–H and O–H groups in total. The second-order valence-electron chi connectivity index (χ2n) is 5.08. The van der Waals surface area contributed by atoms with E-state index in [-0.39, 0.29) is 6.10 Å². The van der Waals surface area contributed by atoms with Crippen LogP contribution in [-0.4, -0.2) is 26.4 Å². The predicted octanol–water partition coefficient (Wildman–Crippen LogP) is 2.82. The summed E-state index contributed by atoms with van der Waals surface area (Å²) in [7, 11) is 3.14. The van der Waals surface area contributed by atoms with Gasteiger partial charge in [-0.3, -0.25) is 0 Å². The van der Waals surface area contributed by atoms with E-state index in [1.807, 2.05) is 26.0 Å². The highest BCUT2D eigenvalue weighted by atomic mass is 16.5. The highest BCUT2D eigenvalue weighted by molar-refractivity contribution is 5.60. The Kier molecular flexibility index (Phi) is 4.00. The number of hydrogen-bond donors (Lipinski definition) is 0. The fourth-order valence-corrected chi connectivity index (χ4v) is 2.26. The zero-order chi connectivity index (χ0) is 14.8. The zero-order valence-electron chi connectivity index (χ0n) is 12.2. The monoisotopic (exact) mass is 277 g/mol. The van der Waals surface area contributed by atoms with Crippen molar-refractivity contribution in [1.29, 1.82) is 0 Å². The number of carbonyl (C=O) groups excluding carboxylic acids is 1. The summed E-state index contributed by atoms with van der Waals surface area (Å²) in [5, 5.41) is 0. The van der Waals surface area contributed by atoms with Crippen molar-refractivity contribution in [2.75, 3.05) is 14.2 Å². The number of benzene rings is 1. The molecule has 0 amide bonds. The molecule has 108 valence electrons. The van der Waals surface area contributed by atoms with Crippen LogP contribution in [-0.2, 0) is 10.3 Å². The van der Waals surface area contributed by atoms with E-state index in [0.29, 0.717) is 17.2 Å². The first-order chi connectivity index (χ1) is 9.57. The first-order valence-corrected chi connectivity index (χ1v) is 6.59. The molecule has 1 aliphatic rings. The van der Waals surface area contributed by atoms with Crippen LogP contribution < -0.4 is 14.2 Å². The van der Waals surface area contributed by atoms with Crippen LogP contribution in [0.1, 0.15) is 32.3 Å². The molecule has 1 saturated carbocycles. The minimum atomic E-state index is -0.508. The van der Waals surface area contributed by atoms with Gasteiger partial charge in [0.1, 0.15) is 5.54 Å². The van der Waals surface area contributed by atoms with E-state index >= 15 is 0 Å². The van der Waals surface area contributed by atoms with Gasteiger partial charge in [0.25, 0.3) is 0 Å². The van der Waals surface area contributed by atoms with Gasteiger partial charge in [-0.15, -0.1) is 0 Å². The van der Waals surface area contributed by atoms with Gasteiger partial charge in [-0.25, -0.2) is 4.79 Å². The molecule has 5 heteroatoms. The number of nitrogens with zero attached hydrogens (tertiary/aromatic N) is 1. The van der Waals surface area contributed by atoms with Crippen LogP contribution in [0, 0.1) is 0 Å². The van der Waals surface area contributed by atoms with Gasteiger partial charge < -0.3 is 14.2 Å². The molecule has 1 fully saturated rings. The lowest BCUT2D eigenvalue weighted by molar-refractivity contribution is 0.222. The molecule has 0 unspecified atom stereocenters. The Balaban J connectivity index is 2.59. The average Bonchev–Trinajstić information content (AvgIpc) is 3.18. The Hall–Kier alpha value is -2.00. The van der Waals surface area contributed by atoms with Crippen molar-refractivity contribution in [1.82, 2.24) is 0 Å². The number of methoxy groups -OCH3 is 2. The largest absolute Gasteiger partial charge is 0.493 e. The second-order valence-corrected chi connectivity index (χ2v) is 5.08. The lowest BCUT2D eigenvalue weighted by atomic mass is 10.0. The van der Waals surface area contributed by atoms with Gasteiger partial charge in [-0.2, -0.15) is 4.99 Å². The number of isocyanates is 1. The van der Waals surface area contributed by atoms with Crippen LogP contribution in [0.15, 0.2) is 17.1 Å². The maximum absolute atomic E-state index is 10.7. The minimum absolute atomic E-state index is 0.0224. The highest BCUT2D eigenvalue weighted by Gasteiger charge is 2.48. The van der Waals surface area contributed by atoms with E-state index in [0.717, 1.165) is 18.4 Å². The molecule has 0 heterocycles. The van der Waals surface area contributed by atoms with E-state index in [2.05, 4.69) is 4.99 Å². The third-order valence-corrected chi connectivity index (χ3v) is 3.34. The Bertz CT molecular complexity index is 543. The van der Waals surface area contributed by atoms with Crippen molar-refractivity contribution in [3.63, 3.8) is 0 Å². The van der Waals surface area contributed by atoms with Crippen molar-refractivity contribution >= 4 is 6.08 Å². The molecular formula is C15H19NO4. The van der Waals surface area contributed by atoms with Crippen molar-refractivity contribution in [3.05, 3.63) is 17.7 Å². The second kappa shape index (κ2) is 5.55. The van der Waals surface area contributed by atoms with E-state index < -0.39 is 5.54 Å². The van der Waals surface area contributed by atoms with Gasteiger partial charge in [0.05, 0.1) is 20.3 Å². The lowest BCUT2D eigenvalue weighted by Crippen LogP contribution is -2.13. The number of rotatable bonds is 6. The van der Waals surface area contributed by atoms with Crippen LogP contribution in [0.2, 0.25) is 0 Å². The van der Waals surface area contributed by atoms with E-state index in [4.69, 9.17) is 14.2 Å². The molecule has 1 aliphatic carbocycles. The number of hydrogen-bond acceptors (Lipinski definition) is 5. The van der Waals surface area contributed by atoms with Crippen LogP contribution in [0.4, 0.5) is 0 Å². The lowest BCUT2D eigenvalue weighted by Gasteiger charge is -2.21. The van der Waals surface area contributed by atoms with E-state index in [1.165, 1.54) is 0 Å². The van der Waals surface area contributed by atoms with E-state index in [1.54, 1.807) is 20.3 Å². The van der Waals surface area contributed by atoms with E-state index in [9.17, 15) is 4.79 Å². The Morgan fingerprint density at radius 1 is 1.20 bits per heavy atom. The number of aliphatic imine (C=N–C) groups is 1. The van der Waals surface area contributed by atoms with Crippen LogP contribution in [0.5, 0.6) is 17.2 Å². The first-order valence-electron chi connectivity index (χ1n) is 6.59. The molecule has 2 rings (SSSR count). The maximum atomic E-state index is 10.7. The third kappa shape index (κ3) is 2.49. The fraction of sp³-hybridized carbons (Fsp3) is 0.533. The quantitative estimate of drug-likeness (QED) is 0.592. The Morgan fingerprint density at radius 2 is 1.90 bits per heavy atom. The molecule has 5 nitrogen and oxygen atoms in total. The zero-order valence-corrected chi connectivity index (χ0v) is 12.2. The summed E-state index contributed by atoms with van der Waals surface area (Å²) in [5.74, 6) is 1.72. The summed E-state index contributed by atoms with van der Waals surface area (Å²) in [6.07, 6.45) is 3.26. The molecule has 20 heavy (non-hydrogen) atoms. The standard InChI is InChI=1S/C15H19NO4/c1-10(2)20-13-11(15(7-8-15)16-9-17)5-6-12(18-3)14(13)19-4/h5-6,10H,7-8H2,1-4H3. The Morgan fingerprint density at radius 3 is 2.35 bits per heavy atom. The number of ether oxygens (including phenoxy) is 3. The van der Waals surface area contributed by atoms with Crippen LogP contribution in [0.3, 0.4) is 0 Å². The first kappa shape index (κ1) is 14.4. The molecule has 1 aromatic rings. The van der Waals surface area contributed by atoms with Crippen molar-refractivity contribution < 1.29 is 19.0 Å². The minimum Gasteiger partial charge on any atom is -0.493 e. The molecule has 1 aromatic carbocycles. The van der Waals surface area contributed by atoms with Gasteiger partial charge in [-0.05, 0) is 38.8 Å². The van der Waals surface area contributed by atoms with Crippen molar-refractivity contribution in [3.8, 4) is 17.2 Å². The van der Waals surface area contributed by atoms with Gasteiger partial charge in [0, 0.05) is 5.56 Å². The smallest absolute Gasteiger partial charge is 0.235 e. The summed E-state index contributed by atoms with van der Waals surface area (Å²) in [4.78, 5) is 14.6. The average molecular weight is 277 g/mol. The third-order valence-electron chi connectivity index (χ3n) is 3.34. The fourth-order valence-electron chi connectivity index (χ4n) is 2.26. The molecule has 0 aromatic heterocycles. The van der Waals surface area contributed by atoms with Crippen LogP contribution >= 0.6 is 0 Å². The normalized spacial score (nSPS) is 15.4. The summed E-state index contributed by atoms with van der Waals surface area (Å²) >= 11 is 0. The molecule has 0 spiro atoms. The molecular weight excluding hydrogens is 258 g/mol. The van der Waals surface area contributed by atoms with Gasteiger partial charge in [0.2, 0.25) is 11.8 Å². The topological polar surface area (TPSA) is 57.1 Å². The summed E-state index contributed by atoms with van der Waals surface area (Å²) in [6.45, 7) is 3.87. The van der Waals surface area contributed by atoms with Gasteiger partial charge >= 0.3 is 0 Å². The predicted molar refractivity (Wildman–Crippen MR) is 74.3 cm³/mol. The summed E-state index contributed by atoms with van der Waals surface area (Å²) in [6, 6.07) is 3.69. The van der Waals surface area contributed by atoms with Gasteiger partial charge in [0.15, 0.2) is 11.5 Å². The molecule has 0 aliphatic heterocycles. The summed E-state index contributed by atoms with van der Waals surface area (Å²) < 4.78 is 16.6. The molecule has 0 saturated heterocycles. The molecule has 0 bridgehead atoms. The Labute approximate surface area is 118 Å². The van der Waals surface area contributed by atoms with Crippen molar-refractivity contribution in [2.24, 2.45) is 4.99 Å². The van der Waals surface area contributed by atoms with Crippen molar-refractivity contribution in [2.45, 2.75) is 38.3 Å². The summed E-state index contributed by atoms with van der Waals surface area (Å²) in [5.41, 5.74) is 0.345. The molecule has 0 atom stereocenters.